The Kier molecular flexibility index (Phi) is 3.57. The fourth-order valence-corrected chi connectivity index (χ4v) is 1.90. The Hall–Kier alpha value is -0.810. The standard InChI is InChI=1S/C9H10ClFO3S/c1-6-4-9(12)8(11)5-7(6)2-3-15(10,13)14/h4-5,12H,2-3H2,1H3. The van der Waals surface area contributed by atoms with E-state index in [0.29, 0.717) is 11.1 Å². The number of phenolic OH excluding ortho intramolecular Hbond substituents is 1. The van der Waals surface area contributed by atoms with Gasteiger partial charge in [0.05, 0.1) is 5.75 Å². The number of halogens is 2. The van der Waals surface area contributed by atoms with Crippen molar-refractivity contribution in [2.75, 3.05) is 5.75 Å². The fourth-order valence-electron chi connectivity index (χ4n) is 1.21. The number of phenols is 1. The molecule has 1 aromatic carbocycles. The molecule has 0 heterocycles. The van der Waals surface area contributed by atoms with E-state index in [0.717, 1.165) is 6.07 Å². The molecule has 1 rings (SSSR count). The van der Waals surface area contributed by atoms with Crippen LogP contribution in [0.5, 0.6) is 5.75 Å². The second kappa shape index (κ2) is 4.37. The lowest BCUT2D eigenvalue weighted by Crippen LogP contribution is -2.03. The maximum absolute atomic E-state index is 12.9. The summed E-state index contributed by atoms with van der Waals surface area (Å²) in [5.74, 6) is -1.45. The van der Waals surface area contributed by atoms with E-state index >= 15 is 0 Å². The molecule has 0 spiro atoms. The van der Waals surface area contributed by atoms with Gasteiger partial charge in [0.25, 0.3) is 0 Å². The first-order valence-electron chi connectivity index (χ1n) is 4.20. The summed E-state index contributed by atoms with van der Waals surface area (Å²) in [5, 5.41) is 9.03. The van der Waals surface area contributed by atoms with Gasteiger partial charge in [0, 0.05) is 10.7 Å². The van der Waals surface area contributed by atoms with Crippen molar-refractivity contribution in [2.24, 2.45) is 0 Å². The third-order valence-electron chi connectivity index (χ3n) is 2.02. The van der Waals surface area contributed by atoms with E-state index in [4.69, 9.17) is 15.8 Å². The zero-order chi connectivity index (χ0) is 11.6. The van der Waals surface area contributed by atoms with Crippen molar-refractivity contribution < 1.29 is 17.9 Å². The topological polar surface area (TPSA) is 54.4 Å². The van der Waals surface area contributed by atoms with Gasteiger partial charge >= 0.3 is 0 Å². The molecule has 84 valence electrons. The van der Waals surface area contributed by atoms with Gasteiger partial charge in [0.1, 0.15) is 0 Å². The van der Waals surface area contributed by atoms with Gasteiger partial charge in [-0.3, -0.25) is 0 Å². The Morgan fingerprint density at radius 3 is 2.60 bits per heavy atom. The SMILES string of the molecule is Cc1cc(O)c(F)cc1CCS(=O)(=O)Cl. The minimum Gasteiger partial charge on any atom is -0.505 e. The predicted molar refractivity (Wildman–Crippen MR) is 56.1 cm³/mol. The van der Waals surface area contributed by atoms with Gasteiger partial charge < -0.3 is 5.11 Å². The van der Waals surface area contributed by atoms with Crippen molar-refractivity contribution in [1.29, 1.82) is 0 Å². The van der Waals surface area contributed by atoms with Crippen LogP contribution in [-0.4, -0.2) is 19.3 Å². The second-order valence-corrected chi connectivity index (χ2v) is 6.12. The van der Waals surface area contributed by atoms with Crippen LogP contribution in [0.2, 0.25) is 0 Å². The van der Waals surface area contributed by atoms with Crippen molar-refractivity contribution >= 4 is 19.7 Å². The zero-order valence-corrected chi connectivity index (χ0v) is 9.57. The quantitative estimate of drug-likeness (QED) is 0.837. The Labute approximate surface area is 91.9 Å². The van der Waals surface area contributed by atoms with Crippen LogP contribution in [0.25, 0.3) is 0 Å². The van der Waals surface area contributed by atoms with Gasteiger partial charge in [-0.15, -0.1) is 0 Å². The van der Waals surface area contributed by atoms with E-state index in [1.807, 2.05) is 0 Å². The van der Waals surface area contributed by atoms with Gasteiger partial charge in [-0.2, -0.15) is 0 Å². The first-order valence-corrected chi connectivity index (χ1v) is 6.68. The molecule has 0 atom stereocenters. The van der Waals surface area contributed by atoms with Crippen molar-refractivity contribution in [3.63, 3.8) is 0 Å². The van der Waals surface area contributed by atoms with E-state index in [2.05, 4.69) is 0 Å². The maximum atomic E-state index is 12.9. The third kappa shape index (κ3) is 3.68. The number of aryl methyl sites for hydroxylation is 2. The average Bonchev–Trinajstić information content (AvgIpc) is 2.07. The predicted octanol–water partition coefficient (Wildman–Crippen LogP) is 1.95. The Morgan fingerprint density at radius 1 is 1.47 bits per heavy atom. The molecule has 0 unspecified atom stereocenters. The average molecular weight is 253 g/mol. The minimum absolute atomic E-state index is 0.134. The summed E-state index contributed by atoms with van der Waals surface area (Å²) >= 11 is 0. The van der Waals surface area contributed by atoms with Crippen LogP contribution in [0.1, 0.15) is 11.1 Å². The molecular formula is C9H10ClFO3S. The molecule has 0 aromatic heterocycles. The molecule has 0 saturated carbocycles. The Balaban J connectivity index is 2.91. The number of hydrogen-bond acceptors (Lipinski definition) is 3. The highest BCUT2D eigenvalue weighted by Crippen LogP contribution is 2.21. The van der Waals surface area contributed by atoms with Crippen LogP contribution >= 0.6 is 10.7 Å². The Morgan fingerprint density at radius 2 is 2.07 bits per heavy atom. The first kappa shape index (κ1) is 12.3. The van der Waals surface area contributed by atoms with Crippen LogP contribution in [0.3, 0.4) is 0 Å². The lowest BCUT2D eigenvalue weighted by Gasteiger charge is -2.05. The van der Waals surface area contributed by atoms with Crippen molar-refractivity contribution in [3.8, 4) is 5.75 Å². The fraction of sp³-hybridized carbons (Fsp3) is 0.333. The lowest BCUT2D eigenvalue weighted by molar-refractivity contribution is 0.431. The summed E-state index contributed by atoms with van der Waals surface area (Å²) in [6.45, 7) is 1.66. The van der Waals surface area contributed by atoms with Crippen LogP contribution in [0.4, 0.5) is 4.39 Å². The molecule has 0 aliphatic rings. The van der Waals surface area contributed by atoms with Gasteiger partial charge in [-0.25, -0.2) is 12.8 Å². The summed E-state index contributed by atoms with van der Waals surface area (Å²) in [4.78, 5) is 0. The molecule has 1 aromatic rings. The maximum Gasteiger partial charge on any atom is 0.232 e. The highest BCUT2D eigenvalue weighted by atomic mass is 35.7. The summed E-state index contributed by atoms with van der Waals surface area (Å²) in [6.07, 6.45) is 0.134. The highest BCUT2D eigenvalue weighted by Gasteiger charge is 2.10. The molecule has 1 N–H and O–H groups in total. The van der Waals surface area contributed by atoms with Crippen molar-refractivity contribution in [2.45, 2.75) is 13.3 Å². The minimum atomic E-state index is -3.57. The van der Waals surface area contributed by atoms with Crippen LogP contribution in [-0.2, 0) is 15.5 Å². The van der Waals surface area contributed by atoms with Crippen LogP contribution in [0, 0.1) is 12.7 Å². The van der Waals surface area contributed by atoms with Crippen LogP contribution in [0.15, 0.2) is 12.1 Å². The summed E-state index contributed by atoms with van der Waals surface area (Å²) in [5.41, 5.74) is 1.16. The molecule has 15 heavy (non-hydrogen) atoms. The number of benzene rings is 1. The molecule has 0 fully saturated rings. The van der Waals surface area contributed by atoms with Crippen molar-refractivity contribution in [3.05, 3.63) is 29.1 Å². The summed E-state index contributed by atoms with van der Waals surface area (Å²) in [7, 11) is 1.46. The largest absolute Gasteiger partial charge is 0.505 e. The molecule has 0 bridgehead atoms. The normalized spacial score (nSPS) is 11.7. The van der Waals surface area contributed by atoms with Crippen LogP contribution < -0.4 is 0 Å². The third-order valence-corrected chi connectivity index (χ3v) is 3.18. The zero-order valence-electron chi connectivity index (χ0n) is 8.00. The Bertz CT molecular complexity index is 470. The van der Waals surface area contributed by atoms with Gasteiger partial charge in [0.2, 0.25) is 9.05 Å². The van der Waals surface area contributed by atoms with Gasteiger partial charge in [0.15, 0.2) is 11.6 Å². The number of rotatable bonds is 3. The van der Waals surface area contributed by atoms with Gasteiger partial charge in [-0.1, -0.05) is 0 Å². The first-order chi connectivity index (χ1) is 6.79. The number of aromatic hydroxyl groups is 1. The monoisotopic (exact) mass is 252 g/mol. The molecule has 0 amide bonds. The lowest BCUT2D eigenvalue weighted by atomic mass is 10.1. The van der Waals surface area contributed by atoms with Gasteiger partial charge in [-0.05, 0) is 36.6 Å². The highest BCUT2D eigenvalue weighted by molar-refractivity contribution is 8.13. The van der Waals surface area contributed by atoms with E-state index in [-0.39, 0.29) is 12.2 Å². The smallest absolute Gasteiger partial charge is 0.232 e. The molecule has 0 saturated heterocycles. The molecule has 6 heteroatoms. The summed E-state index contributed by atoms with van der Waals surface area (Å²) < 4.78 is 34.3. The summed E-state index contributed by atoms with van der Waals surface area (Å²) in [6, 6.07) is 2.37. The number of hydrogen-bond donors (Lipinski definition) is 1. The van der Waals surface area contributed by atoms with E-state index in [1.54, 1.807) is 6.92 Å². The van der Waals surface area contributed by atoms with E-state index in [1.165, 1.54) is 6.07 Å². The molecular weight excluding hydrogens is 243 g/mol. The molecule has 0 aliphatic heterocycles. The van der Waals surface area contributed by atoms with E-state index in [9.17, 15) is 12.8 Å². The second-order valence-electron chi connectivity index (χ2n) is 3.22. The molecule has 0 aliphatic carbocycles. The molecule has 3 nitrogen and oxygen atoms in total. The van der Waals surface area contributed by atoms with Crippen molar-refractivity contribution in [1.82, 2.24) is 0 Å². The van der Waals surface area contributed by atoms with E-state index < -0.39 is 20.6 Å². The molecule has 0 radical (unpaired) electrons.